The molecule has 2 nitrogen and oxygen atoms in total. The summed E-state index contributed by atoms with van der Waals surface area (Å²) in [7, 11) is 0. The summed E-state index contributed by atoms with van der Waals surface area (Å²) in [5.41, 5.74) is 7.53. The zero-order chi connectivity index (χ0) is 13.1. The molecule has 0 saturated heterocycles. The van der Waals surface area contributed by atoms with Gasteiger partial charge in [-0.3, -0.25) is 0 Å². The van der Waals surface area contributed by atoms with Crippen LogP contribution in [0.5, 0.6) is 0 Å². The van der Waals surface area contributed by atoms with Crippen molar-refractivity contribution < 1.29 is 0 Å². The molecule has 0 saturated carbocycles. The van der Waals surface area contributed by atoms with E-state index in [4.69, 9.17) is 28.9 Å². The normalized spacial score (nSPS) is 11.6. The van der Waals surface area contributed by atoms with Crippen LogP contribution in [-0.4, -0.2) is 5.54 Å². The number of hydrogen-bond acceptors (Lipinski definition) is 2. The van der Waals surface area contributed by atoms with Crippen LogP contribution >= 0.6 is 23.2 Å². The van der Waals surface area contributed by atoms with Crippen molar-refractivity contribution >= 4 is 34.6 Å². The monoisotopic (exact) mass is 274 g/mol. The van der Waals surface area contributed by atoms with E-state index in [9.17, 15) is 0 Å². The molecule has 1 rings (SSSR count). The first-order valence-electron chi connectivity index (χ1n) is 6.00. The molecule has 3 N–H and O–H groups in total. The largest absolute Gasteiger partial charge is 0.397 e. The Morgan fingerprint density at radius 3 is 2.00 bits per heavy atom. The molecule has 0 bridgehead atoms. The van der Waals surface area contributed by atoms with E-state index in [1.165, 1.54) is 0 Å². The van der Waals surface area contributed by atoms with Crippen LogP contribution in [0.25, 0.3) is 0 Å². The predicted molar refractivity (Wildman–Crippen MR) is 78.1 cm³/mol. The van der Waals surface area contributed by atoms with Crippen LogP contribution < -0.4 is 11.1 Å². The van der Waals surface area contributed by atoms with Crippen molar-refractivity contribution in [3.8, 4) is 0 Å². The Balaban J connectivity index is 3.05. The van der Waals surface area contributed by atoms with Gasteiger partial charge < -0.3 is 11.1 Å². The molecule has 96 valence electrons. The molecule has 0 spiro atoms. The number of nitrogens with two attached hydrogens (primary N) is 1. The van der Waals surface area contributed by atoms with Crippen molar-refractivity contribution in [2.24, 2.45) is 0 Å². The molecule has 17 heavy (non-hydrogen) atoms. The van der Waals surface area contributed by atoms with Crippen molar-refractivity contribution in [1.29, 1.82) is 0 Å². The first kappa shape index (κ1) is 14.5. The SMILES string of the molecule is CCC(CC)(CC)Nc1cc(Cl)c(Cl)cc1N. The molecular formula is C13H20Cl2N2. The molecular weight excluding hydrogens is 255 g/mol. The molecule has 1 aromatic carbocycles. The van der Waals surface area contributed by atoms with E-state index in [0.29, 0.717) is 15.7 Å². The van der Waals surface area contributed by atoms with E-state index in [-0.39, 0.29) is 5.54 Å². The van der Waals surface area contributed by atoms with Gasteiger partial charge >= 0.3 is 0 Å². The molecule has 0 unspecified atom stereocenters. The van der Waals surface area contributed by atoms with Gasteiger partial charge in [0.1, 0.15) is 0 Å². The second-order valence-electron chi connectivity index (χ2n) is 4.32. The van der Waals surface area contributed by atoms with Gasteiger partial charge in [0, 0.05) is 5.54 Å². The Hall–Kier alpha value is -0.600. The van der Waals surface area contributed by atoms with Crippen LogP contribution in [0.15, 0.2) is 12.1 Å². The molecule has 0 aliphatic carbocycles. The van der Waals surface area contributed by atoms with Gasteiger partial charge in [-0.05, 0) is 31.4 Å². The molecule has 0 aliphatic rings. The highest BCUT2D eigenvalue weighted by Crippen LogP contribution is 2.34. The van der Waals surface area contributed by atoms with Crippen LogP contribution in [-0.2, 0) is 0 Å². The molecule has 0 aromatic heterocycles. The zero-order valence-corrected chi connectivity index (χ0v) is 12.1. The summed E-state index contributed by atoms with van der Waals surface area (Å²) in [6.07, 6.45) is 3.12. The van der Waals surface area contributed by atoms with Crippen molar-refractivity contribution in [2.75, 3.05) is 11.1 Å². The van der Waals surface area contributed by atoms with Crippen LogP contribution in [0.2, 0.25) is 10.0 Å². The number of hydrogen-bond donors (Lipinski definition) is 2. The fourth-order valence-electron chi connectivity index (χ4n) is 1.97. The summed E-state index contributed by atoms with van der Waals surface area (Å²) in [4.78, 5) is 0. The third kappa shape index (κ3) is 3.20. The maximum Gasteiger partial charge on any atom is 0.0614 e. The lowest BCUT2D eigenvalue weighted by Gasteiger charge is -2.33. The van der Waals surface area contributed by atoms with E-state index < -0.39 is 0 Å². The summed E-state index contributed by atoms with van der Waals surface area (Å²) in [6.45, 7) is 6.52. The van der Waals surface area contributed by atoms with E-state index in [1.54, 1.807) is 12.1 Å². The minimum absolute atomic E-state index is 0.0747. The number of benzene rings is 1. The molecule has 0 fully saturated rings. The first-order valence-corrected chi connectivity index (χ1v) is 6.76. The lowest BCUT2D eigenvalue weighted by atomic mass is 9.89. The van der Waals surface area contributed by atoms with Gasteiger partial charge in [0.05, 0.1) is 21.4 Å². The number of nitrogen functional groups attached to an aromatic ring is 1. The fraction of sp³-hybridized carbons (Fsp3) is 0.538. The summed E-state index contributed by atoms with van der Waals surface area (Å²) in [6, 6.07) is 3.49. The van der Waals surface area contributed by atoms with E-state index in [2.05, 4.69) is 26.1 Å². The van der Waals surface area contributed by atoms with Gasteiger partial charge in [-0.15, -0.1) is 0 Å². The summed E-state index contributed by atoms with van der Waals surface area (Å²) in [5.74, 6) is 0. The average Bonchev–Trinajstić information content (AvgIpc) is 2.33. The van der Waals surface area contributed by atoms with Crippen molar-refractivity contribution in [3.63, 3.8) is 0 Å². The van der Waals surface area contributed by atoms with Crippen LogP contribution in [0.4, 0.5) is 11.4 Å². The Morgan fingerprint density at radius 1 is 1.06 bits per heavy atom. The number of halogens is 2. The van der Waals surface area contributed by atoms with Crippen LogP contribution in [0, 0.1) is 0 Å². The highest BCUT2D eigenvalue weighted by Gasteiger charge is 2.24. The van der Waals surface area contributed by atoms with Gasteiger partial charge in [-0.2, -0.15) is 0 Å². The van der Waals surface area contributed by atoms with Gasteiger partial charge in [0.15, 0.2) is 0 Å². The molecule has 0 amide bonds. The zero-order valence-electron chi connectivity index (χ0n) is 10.6. The maximum absolute atomic E-state index is 6.02. The number of nitrogens with one attached hydrogen (secondary N) is 1. The highest BCUT2D eigenvalue weighted by molar-refractivity contribution is 6.42. The lowest BCUT2D eigenvalue weighted by molar-refractivity contribution is 0.420. The van der Waals surface area contributed by atoms with Crippen molar-refractivity contribution in [2.45, 2.75) is 45.6 Å². The molecule has 4 heteroatoms. The van der Waals surface area contributed by atoms with Crippen LogP contribution in [0.1, 0.15) is 40.0 Å². The third-order valence-electron chi connectivity index (χ3n) is 3.52. The highest BCUT2D eigenvalue weighted by atomic mass is 35.5. The van der Waals surface area contributed by atoms with Gasteiger partial charge in [0.25, 0.3) is 0 Å². The number of rotatable bonds is 5. The van der Waals surface area contributed by atoms with Gasteiger partial charge in [0.2, 0.25) is 0 Å². The summed E-state index contributed by atoms with van der Waals surface area (Å²) >= 11 is 11.9. The summed E-state index contributed by atoms with van der Waals surface area (Å²) in [5, 5.41) is 4.53. The minimum atomic E-state index is 0.0747. The maximum atomic E-state index is 6.02. The quantitative estimate of drug-likeness (QED) is 0.745. The lowest BCUT2D eigenvalue weighted by Crippen LogP contribution is -2.36. The average molecular weight is 275 g/mol. The van der Waals surface area contributed by atoms with Gasteiger partial charge in [-0.1, -0.05) is 44.0 Å². The molecule has 0 atom stereocenters. The standard InChI is InChI=1S/C13H20Cl2N2/c1-4-13(5-2,6-3)17-12-8-10(15)9(14)7-11(12)16/h7-8,17H,4-6,16H2,1-3H3. The molecule has 0 radical (unpaired) electrons. The Kier molecular flexibility index (Phi) is 4.96. The second-order valence-corrected chi connectivity index (χ2v) is 5.13. The van der Waals surface area contributed by atoms with E-state index >= 15 is 0 Å². The minimum Gasteiger partial charge on any atom is -0.397 e. The smallest absolute Gasteiger partial charge is 0.0614 e. The van der Waals surface area contributed by atoms with Gasteiger partial charge in [-0.25, -0.2) is 0 Å². The van der Waals surface area contributed by atoms with E-state index in [1.807, 2.05) is 0 Å². The molecule has 0 heterocycles. The fourth-order valence-corrected chi connectivity index (χ4v) is 2.31. The summed E-state index contributed by atoms with van der Waals surface area (Å²) < 4.78 is 0. The Morgan fingerprint density at radius 2 is 1.53 bits per heavy atom. The predicted octanol–water partition coefficient (Wildman–Crippen LogP) is 4.96. The topological polar surface area (TPSA) is 38.0 Å². The molecule has 1 aromatic rings. The third-order valence-corrected chi connectivity index (χ3v) is 4.24. The number of anilines is 2. The Labute approximate surface area is 113 Å². The second kappa shape index (κ2) is 5.83. The molecule has 0 aliphatic heterocycles. The van der Waals surface area contributed by atoms with Crippen molar-refractivity contribution in [3.05, 3.63) is 22.2 Å². The van der Waals surface area contributed by atoms with E-state index in [0.717, 1.165) is 24.9 Å². The Bertz CT molecular complexity index is 379. The van der Waals surface area contributed by atoms with Crippen LogP contribution in [0.3, 0.4) is 0 Å². The van der Waals surface area contributed by atoms with Crippen molar-refractivity contribution in [1.82, 2.24) is 0 Å². The first-order chi connectivity index (χ1) is 7.98.